The minimum Gasteiger partial charge on any atom is -0.372 e. The number of carbonyl (C=O) groups excluding carboxylic acids is 1. The Bertz CT molecular complexity index is 503. The van der Waals surface area contributed by atoms with Crippen LogP contribution in [0.5, 0.6) is 0 Å². The zero-order valence-corrected chi connectivity index (χ0v) is 12.6. The molecule has 0 amide bonds. The van der Waals surface area contributed by atoms with Gasteiger partial charge >= 0.3 is 0 Å². The zero-order valence-electron chi connectivity index (χ0n) is 12.6. The number of anilines is 2. The van der Waals surface area contributed by atoms with Crippen LogP contribution in [0.1, 0.15) is 44.9 Å². The Morgan fingerprint density at radius 2 is 1.38 bits per heavy atom. The van der Waals surface area contributed by atoms with Gasteiger partial charge in [-0.25, -0.2) is 0 Å². The molecule has 4 rings (SSSR count). The highest BCUT2D eigenvalue weighted by molar-refractivity contribution is 5.82. The van der Waals surface area contributed by atoms with E-state index in [-0.39, 0.29) is 0 Å². The van der Waals surface area contributed by atoms with Crippen LogP contribution in [0.3, 0.4) is 0 Å². The molecular formula is C18H24N2O. The molecule has 0 N–H and O–H groups in total. The predicted octanol–water partition coefficient (Wildman–Crippen LogP) is 3.38. The second-order valence-electron chi connectivity index (χ2n) is 6.80. The van der Waals surface area contributed by atoms with Crippen molar-refractivity contribution < 1.29 is 4.79 Å². The molecule has 1 aromatic carbocycles. The summed E-state index contributed by atoms with van der Waals surface area (Å²) in [6.07, 6.45) is 7.78. The third-order valence-corrected chi connectivity index (χ3v) is 5.41. The molecule has 3 nitrogen and oxygen atoms in total. The van der Waals surface area contributed by atoms with Crippen molar-refractivity contribution in [2.75, 3.05) is 22.9 Å². The fraction of sp³-hybridized carbons (Fsp3) is 0.611. The number of fused-ring (bicyclic) bond motifs is 2. The zero-order chi connectivity index (χ0) is 14.2. The quantitative estimate of drug-likeness (QED) is 0.832. The molecule has 3 aliphatic rings. The van der Waals surface area contributed by atoms with E-state index in [2.05, 4.69) is 34.1 Å². The second kappa shape index (κ2) is 5.36. The summed E-state index contributed by atoms with van der Waals surface area (Å²) >= 11 is 0. The molecule has 2 bridgehead atoms. The predicted molar refractivity (Wildman–Crippen MR) is 86.0 cm³/mol. The Kier molecular flexibility index (Phi) is 3.36. The number of nitrogens with zero attached hydrogens (tertiary/aromatic N) is 2. The van der Waals surface area contributed by atoms with Crippen molar-refractivity contribution in [3.8, 4) is 0 Å². The van der Waals surface area contributed by atoms with Crippen molar-refractivity contribution in [3.63, 3.8) is 0 Å². The molecule has 2 atom stereocenters. The van der Waals surface area contributed by atoms with Gasteiger partial charge in [-0.05, 0) is 56.4 Å². The molecule has 112 valence electrons. The number of hydrogen-bond acceptors (Lipinski definition) is 3. The summed E-state index contributed by atoms with van der Waals surface area (Å²) in [6.45, 7) is 2.39. The third-order valence-electron chi connectivity index (χ3n) is 5.41. The minimum absolute atomic E-state index is 0.447. The first-order chi connectivity index (χ1) is 10.3. The Balaban J connectivity index is 1.56. The van der Waals surface area contributed by atoms with Gasteiger partial charge in [0.2, 0.25) is 0 Å². The van der Waals surface area contributed by atoms with Crippen LogP contribution in [0.25, 0.3) is 0 Å². The average molecular weight is 284 g/mol. The Labute approximate surface area is 126 Å². The Morgan fingerprint density at radius 1 is 0.810 bits per heavy atom. The number of rotatable bonds is 2. The summed E-state index contributed by atoms with van der Waals surface area (Å²) in [5.74, 6) is 0.467. The summed E-state index contributed by atoms with van der Waals surface area (Å²) in [5, 5.41) is 0. The van der Waals surface area contributed by atoms with Crippen LogP contribution in [0.4, 0.5) is 11.4 Å². The molecular weight excluding hydrogens is 260 g/mol. The molecule has 21 heavy (non-hydrogen) atoms. The molecule has 2 unspecified atom stereocenters. The molecule has 0 radical (unpaired) electrons. The first kappa shape index (κ1) is 13.2. The highest BCUT2D eigenvalue weighted by Crippen LogP contribution is 2.37. The van der Waals surface area contributed by atoms with Gasteiger partial charge in [0.1, 0.15) is 5.78 Å². The van der Waals surface area contributed by atoms with Gasteiger partial charge < -0.3 is 9.80 Å². The van der Waals surface area contributed by atoms with Gasteiger partial charge in [0.05, 0.1) is 0 Å². The fourth-order valence-corrected chi connectivity index (χ4v) is 4.41. The molecule has 1 aromatic rings. The van der Waals surface area contributed by atoms with Crippen LogP contribution in [-0.2, 0) is 4.79 Å². The van der Waals surface area contributed by atoms with Crippen molar-refractivity contribution in [1.29, 1.82) is 0 Å². The monoisotopic (exact) mass is 284 g/mol. The number of carbonyl (C=O) groups is 1. The normalized spacial score (nSPS) is 29.0. The first-order valence-corrected chi connectivity index (χ1v) is 8.46. The smallest absolute Gasteiger partial charge is 0.137 e. The lowest BCUT2D eigenvalue weighted by Crippen LogP contribution is -2.52. The summed E-state index contributed by atoms with van der Waals surface area (Å²) in [7, 11) is 0. The van der Waals surface area contributed by atoms with Crippen molar-refractivity contribution >= 4 is 17.2 Å². The summed E-state index contributed by atoms with van der Waals surface area (Å²) in [5.41, 5.74) is 2.68. The number of benzene rings is 1. The molecule has 3 heteroatoms. The summed E-state index contributed by atoms with van der Waals surface area (Å²) < 4.78 is 0. The van der Waals surface area contributed by atoms with Gasteiger partial charge in [-0.2, -0.15) is 0 Å². The second-order valence-corrected chi connectivity index (χ2v) is 6.80. The standard InChI is InChI=1S/C18H24N2O/c21-18-12-16-4-3-5-17(13-18)20(16)15-8-6-14(7-9-15)19-10-1-2-11-19/h6-9,16-17H,1-5,10-13H2. The fourth-order valence-electron chi connectivity index (χ4n) is 4.41. The molecule has 0 saturated carbocycles. The van der Waals surface area contributed by atoms with Gasteiger partial charge in [0, 0.05) is 49.4 Å². The molecule has 0 aromatic heterocycles. The Morgan fingerprint density at radius 3 is 2.00 bits per heavy atom. The van der Waals surface area contributed by atoms with E-state index < -0.39 is 0 Å². The lowest BCUT2D eigenvalue weighted by Gasteiger charge is -2.47. The number of ketones is 1. The van der Waals surface area contributed by atoms with E-state index in [0.29, 0.717) is 17.9 Å². The maximum Gasteiger partial charge on any atom is 0.137 e. The van der Waals surface area contributed by atoms with E-state index in [1.165, 1.54) is 56.6 Å². The van der Waals surface area contributed by atoms with Crippen LogP contribution in [0.2, 0.25) is 0 Å². The molecule has 3 aliphatic heterocycles. The topological polar surface area (TPSA) is 23.6 Å². The van der Waals surface area contributed by atoms with Crippen LogP contribution in [0.15, 0.2) is 24.3 Å². The first-order valence-electron chi connectivity index (χ1n) is 8.46. The van der Waals surface area contributed by atoms with Crippen molar-refractivity contribution in [1.82, 2.24) is 0 Å². The van der Waals surface area contributed by atoms with Crippen molar-refractivity contribution in [2.24, 2.45) is 0 Å². The molecule has 0 aliphatic carbocycles. The summed E-state index contributed by atoms with van der Waals surface area (Å²) in [4.78, 5) is 16.9. The average Bonchev–Trinajstić information content (AvgIpc) is 3.01. The van der Waals surface area contributed by atoms with E-state index in [0.717, 1.165) is 12.8 Å². The number of piperidine rings is 2. The van der Waals surface area contributed by atoms with E-state index in [9.17, 15) is 4.79 Å². The van der Waals surface area contributed by atoms with Crippen LogP contribution >= 0.6 is 0 Å². The molecule has 3 saturated heterocycles. The molecule has 3 fully saturated rings. The summed E-state index contributed by atoms with van der Waals surface area (Å²) in [6, 6.07) is 9.98. The lowest BCUT2D eigenvalue weighted by molar-refractivity contribution is -0.121. The van der Waals surface area contributed by atoms with E-state index >= 15 is 0 Å². The minimum atomic E-state index is 0.447. The van der Waals surface area contributed by atoms with E-state index in [4.69, 9.17) is 0 Å². The van der Waals surface area contributed by atoms with Crippen molar-refractivity contribution in [3.05, 3.63) is 24.3 Å². The van der Waals surface area contributed by atoms with E-state index in [1.807, 2.05) is 0 Å². The number of Topliss-reactive ketones (excluding diaryl/α,β-unsaturated/α-hetero) is 1. The maximum absolute atomic E-state index is 11.8. The van der Waals surface area contributed by atoms with E-state index in [1.54, 1.807) is 0 Å². The molecule has 0 spiro atoms. The van der Waals surface area contributed by atoms with Gasteiger partial charge in [-0.3, -0.25) is 4.79 Å². The highest BCUT2D eigenvalue weighted by atomic mass is 16.1. The van der Waals surface area contributed by atoms with Crippen LogP contribution in [-0.4, -0.2) is 31.0 Å². The SMILES string of the molecule is O=C1CC2CCCC(C1)N2c1ccc(N2CCCC2)cc1. The maximum atomic E-state index is 11.8. The molecule has 3 heterocycles. The van der Waals surface area contributed by atoms with Gasteiger partial charge in [-0.15, -0.1) is 0 Å². The van der Waals surface area contributed by atoms with Crippen LogP contribution < -0.4 is 9.80 Å². The highest BCUT2D eigenvalue weighted by Gasteiger charge is 2.37. The third kappa shape index (κ3) is 2.43. The van der Waals surface area contributed by atoms with Crippen molar-refractivity contribution in [2.45, 2.75) is 57.0 Å². The Hall–Kier alpha value is -1.51. The van der Waals surface area contributed by atoms with Crippen LogP contribution in [0, 0.1) is 0 Å². The van der Waals surface area contributed by atoms with Gasteiger partial charge in [0.25, 0.3) is 0 Å². The lowest BCUT2D eigenvalue weighted by atomic mass is 9.83. The van der Waals surface area contributed by atoms with Gasteiger partial charge in [-0.1, -0.05) is 0 Å². The van der Waals surface area contributed by atoms with Gasteiger partial charge in [0.15, 0.2) is 0 Å². The number of hydrogen-bond donors (Lipinski definition) is 0. The largest absolute Gasteiger partial charge is 0.372 e.